The quantitative estimate of drug-likeness (QED) is 0.627. The Morgan fingerprint density at radius 2 is 2.10 bits per heavy atom. The van der Waals surface area contributed by atoms with E-state index in [1.165, 1.54) is 24.1 Å². The number of H-pyrrole nitrogens is 2. The van der Waals surface area contributed by atoms with Crippen molar-refractivity contribution in [2.24, 2.45) is 11.3 Å². The molecule has 0 bridgehead atoms. The number of amides is 1. The van der Waals surface area contributed by atoms with E-state index in [1.807, 2.05) is 25.2 Å². The molecule has 0 saturated carbocycles. The highest BCUT2D eigenvalue weighted by molar-refractivity contribution is 5.98. The second kappa shape index (κ2) is 7.36. The van der Waals surface area contributed by atoms with E-state index in [2.05, 4.69) is 48.9 Å². The summed E-state index contributed by atoms with van der Waals surface area (Å²) in [6.45, 7) is 9.64. The maximum Gasteiger partial charge on any atom is 0.253 e. The predicted molar refractivity (Wildman–Crippen MR) is 118 cm³/mol. The number of benzene rings is 1. The molecule has 2 N–H and O–H groups in total. The molecule has 29 heavy (non-hydrogen) atoms. The fraction of sp³-hybridized carbons (Fsp3) is 0.500. The van der Waals surface area contributed by atoms with Gasteiger partial charge in [-0.15, -0.1) is 0 Å². The zero-order valence-electron chi connectivity index (χ0n) is 18.2. The largest absolute Gasteiger partial charge is 0.353 e. The van der Waals surface area contributed by atoms with Gasteiger partial charge in [0.25, 0.3) is 5.91 Å². The third-order valence-corrected chi connectivity index (χ3v) is 6.50. The van der Waals surface area contributed by atoms with Crippen LogP contribution in [0.5, 0.6) is 0 Å². The predicted octanol–water partition coefficient (Wildman–Crippen LogP) is 5.19. The highest BCUT2D eigenvalue weighted by atomic mass is 16.2. The smallest absolute Gasteiger partial charge is 0.253 e. The van der Waals surface area contributed by atoms with Gasteiger partial charge in [-0.25, -0.2) is 0 Å². The summed E-state index contributed by atoms with van der Waals surface area (Å²) in [5.41, 5.74) is 6.74. The summed E-state index contributed by atoms with van der Waals surface area (Å²) in [6, 6.07) is 8.06. The van der Waals surface area contributed by atoms with Gasteiger partial charge in [-0.1, -0.05) is 40.2 Å². The number of carbonyl (C=O) groups is 1. The average Bonchev–Trinajstić information content (AvgIpc) is 3.29. The molecule has 4 rings (SSSR count). The van der Waals surface area contributed by atoms with E-state index in [1.54, 1.807) is 4.90 Å². The number of aromatic nitrogens is 3. The van der Waals surface area contributed by atoms with Crippen LogP contribution in [0.4, 0.5) is 0 Å². The summed E-state index contributed by atoms with van der Waals surface area (Å²) in [5.74, 6) is 0.512. The van der Waals surface area contributed by atoms with Crippen molar-refractivity contribution in [3.05, 3.63) is 41.1 Å². The molecule has 1 atom stereocenters. The van der Waals surface area contributed by atoms with Crippen molar-refractivity contribution < 1.29 is 4.79 Å². The van der Waals surface area contributed by atoms with Crippen LogP contribution in [-0.2, 0) is 12.8 Å². The van der Waals surface area contributed by atoms with Crippen molar-refractivity contribution in [1.29, 1.82) is 0 Å². The number of carbonyl (C=O) groups excluding carboxylic acids is 1. The van der Waals surface area contributed by atoms with Crippen LogP contribution in [0.2, 0.25) is 0 Å². The van der Waals surface area contributed by atoms with Gasteiger partial charge in [0, 0.05) is 41.3 Å². The van der Waals surface area contributed by atoms with E-state index >= 15 is 0 Å². The summed E-state index contributed by atoms with van der Waals surface area (Å²) in [5, 5.41) is 9.05. The van der Waals surface area contributed by atoms with E-state index in [9.17, 15) is 4.79 Å². The van der Waals surface area contributed by atoms with Crippen molar-refractivity contribution in [2.45, 2.75) is 53.4 Å². The summed E-state index contributed by atoms with van der Waals surface area (Å²) >= 11 is 0. The topological polar surface area (TPSA) is 64.8 Å². The molecule has 154 valence electrons. The highest BCUT2D eigenvalue weighted by Gasteiger charge is 2.31. The Kier molecular flexibility index (Phi) is 5.01. The number of rotatable bonds is 5. The molecule has 0 spiro atoms. The van der Waals surface area contributed by atoms with Gasteiger partial charge in [0.05, 0.1) is 5.69 Å². The SMILES string of the molecule is CCC1(C)CCc2c(-c3cc4ccc(C(=O)N(C)CC(C)C)cc4[nH]3)n[nH]c2C1. The van der Waals surface area contributed by atoms with Gasteiger partial charge in [-0.2, -0.15) is 5.10 Å². The molecule has 0 saturated heterocycles. The molecule has 1 amide bonds. The maximum atomic E-state index is 12.7. The first kappa shape index (κ1) is 19.7. The summed E-state index contributed by atoms with van der Waals surface area (Å²) in [7, 11) is 1.87. The second-order valence-electron chi connectivity index (χ2n) is 9.43. The lowest BCUT2D eigenvalue weighted by Crippen LogP contribution is -2.30. The number of nitrogens with zero attached hydrogens (tertiary/aromatic N) is 2. The summed E-state index contributed by atoms with van der Waals surface area (Å²) in [4.78, 5) is 18.0. The molecule has 1 aromatic carbocycles. The Labute approximate surface area is 172 Å². The molecule has 3 aromatic rings. The first-order valence-corrected chi connectivity index (χ1v) is 10.7. The monoisotopic (exact) mass is 392 g/mol. The van der Waals surface area contributed by atoms with Crippen LogP contribution < -0.4 is 0 Å². The number of nitrogens with one attached hydrogen (secondary N) is 2. The maximum absolute atomic E-state index is 12.7. The molecule has 1 aliphatic carbocycles. The van der Waals surface area contributed by atoms with Crippen molar-refractivity contribution in [3.8, 4) is 11.4 Å². The van der Waals surface area contributed by atoms with Crippen molar-refractivity contribution in [1.82, 2.24) is 20.1 Å². The Hall–Kier alpha value is -2.56. The van der Waals surface area contributed by atoms with Gasteiger partial charge >= 0.3 is 0 Å². The molecule has 0 radical (unpaired) electrons. The van der Waals surface area contributed by atoms with Crippen molar-refractivity contribution >= 4 is 16.8 Å². The number of hydrogen-bond donors (Lipinski definition) is 2. The zero-order valence-corrected chi connectivity index (χ0v) is 18.2. The molecule has 1 aliphatic rings. The molecule has 5 heteroatoms. The molecule has 5 nitrogen and oxygen atoms in total. The van der Waals surface area contributed by atoms with Gasteiger partial charge in [-0.05, 0) is 48.8 Å². The minimum atomic E-state index is 0.0627. The Morgan fingerprint density at radius 3 is 2.83 bits per heavy atom. The van der Waals surface area contributed by atoms with E-state index in [0.29, 0.717) is 11.3 Å². The third-order valence-electron chi connectivity index (χ3n) is 6.50. The van der Waals surface area contributed by atoms with Crippen LogP contribution in [0.1, 0.15) is 62.2 Å². The fourth-order valence-corrected chi connectivity index (χ4v) is 4.52. The first-order chi connectivity index (χ1) is 13.8. The van der Waals surface area contributed by atoms with Crippen LogP contribution >= 0.6 is 0 Å². The van der Waals surface area contributed by atoms with Gasteiger partial charge in [-0.3, -0.25) is 9.89 Å². The molecule has 2 heterocycles. The molecule has 1 unspecified atom stereocenters. The number of hydrogen-bond acceptors (Lipinski definition) is 2. The van der Waals surface area contributed by atoms with Gasteiger partial charge in [0.15, 0.2) is 0 Å². The summed E-state index contributed by atoms with van der Waals surface area (Å²) in [6.07, 6.45) is 4.51. The van der Waals surface area contributed by atoms with Crippen LogP contribution in [0.3, 0.4) is 0 Å². The van der Waals surface area contributed by atoms with Gasteiger partial charge in [0.2, 0.25) is 0 Å². The van der Waals surface area contributed by atoms with E-state index < -0.39 is 0 Å². The van der Waals surface area contributed by atoms with E-state index in [4.69, 9.17) is 0 Å². The second-order valence-corrected chi connectivity index (χ2v) is 9.43. The Bertz CT molecular complexity index is 1040. The van der Waals surface area contributed by atoms with Gasteiger partial charge in [0.1, 0.15) is 5.69 Å². The van der Waals surface area contributed by atoms with E-state index in [0.717, 1.165) is 47.2 Å². The lowest BCUT2D eigenvalue weighted by molar-refractivity contribution is 0.0779. The third kappa shape index (κ3) is 3.70. The van der Waals surface area contributed by atoms with Crippen molar-refractivity contribution in [3.63, 3.8) is 0 Å². The molecule has 2 aromatic heterocycles. The van der Waals surface area contributed by atoms with Crippen molar-refractivity contribution in [2.75, 3.05) is 13.6 Å². The van der Waals surface area contributed by atoms with Gasteiger partial charge < -0.3 is 9.88 Å². The average molecular weight is 393 g/mol. The highest BCUT2D eigenvalue weighted by Crippen LogP contribution is 2.40. The molecular weight excluding hydrogens is 360 g/mol. The number of fused-ring (bicyclic) bond motifs is 2. The van der Waals surface area contributed by atoms with E-state index in [-0.39, 0.29) is 5.91 Å². The van der Waals surface area contributed by atoms with Crippen LogP contribution in [0.25, 0.3) is 22.3 Å². The minimum Gasteiger partial charge on any atom is -0.353 e. The molecular formula is C24H32N4O. The fourth-order valence-electron chi connectivity index (χ4n) is 4.52. The van der Waals surface area contributed by atoms with Crippen LogP contribution in [0.15, 0.2) is 24.3 Å². The van der Waals surface area contributed by atoms with Crippen LogP contribution in [0, 0.1) is 11.3 Å². The molecule has 0 aliphatic heterocycles. The normalized spacial score (nSPS) is 19.0. The molecule has 0 fully saturated rings. The minimum absolute atomic E-state index is 0.0627. The first-order valence-electron chi connectivity index (χ1n) is 10.7. The lowest BCUT2D eigenvalue weighted by Gasteiger charge is -2.32. The Balaban J connectivity index is 1.63. The summed E-state index contributed by atoms with van der Waals surface area (Å²) < 4.78 is 0. The standard InChI is InChI=1S/C24H32N4O/c1-6-24(4)10-9-18-21(13-24)26-27-22(18)20-11-16-7-8-17(12-19(16)25-20)23(29)28(5)14-15(2)3/h7-8,11-12,15,25H,6,9-10,13-14H2,1-5H3,(H,26,27). The van der Waals surface area contributed by atoms with Crippen LogP contribution in [-0.4, -0.2) is 39.6 Å². The Morgan fingerprint density at radius 1 is 1.31 bits per heavy atom. The zero-order chi connectivity index (χ0) is 20.8. The number of aromatic amines is 2. The lowest BCUT2D eigenvalue weighted by atomic mass is 9.73.